The minimum atomic E-state index is -3.91. The van der Waals surface area contributed by atoms with Crippen molar-refractivity contribution in [2.75, 3.05) is 17.4 Å². The fourth-order valence-electron chi connectivity index (χ4n) is 3.31. The quantitative estimate of drug-likeness (QED) is 0.513. The zero-order valence-electron chi connectivity index (χ0n) is 17.9. The molecule has 7 heteroatoms. The van der Waals surface area contributed by atoms with Gasteiger partial charge in [-0.3, -0.25) is 9.10 Å². The van der Waals surface area contributed by atoms with Gasteiger partial charge in [0, 0.05) is 11.6 Å². The molecule has 1 amide bonds. The van der Waals surface area contributed by atoms with Gasteiger partial charge >= 0.3 is 0 Å². The Morgan fingerprint density at radius 3 is 2.43 bits per heavy atom. The first kappa shape index (κ1) is 24.2. The van der Waals surface area contributed by atoms with Gasteiger partial charge < -0.3 is 5.32 Å². The van der Waals surface area contributed by atoms with E-state index in [9.17, 15) is 13.2 Å². The highest BCUT2D eigenvalue weighted by molar-refractivity contribution is 7.92. The Kier molecular flexibility index (Phi) is 9.18. The number of carbonyl (C=O) groups excluding carboxylic acids is 1. The number of halogens is 1. The second-order valence-electron chi connectivity index (χ2n) is 7.48. The Hall–Kier alpha value is -2.05. The third-order valence-electron chi connectivity index (χ3n) is 5.18. The molecule has 0 bridgehead atoms. The molecular formula is C23H31ClN2O3S. The number of anilines is 1. The van der Waals surface area contributed by atoms with Crippen LogP contribution in [0.2, 0.25) is 5.02 Å². The number of hydrogen-bond donors (Lipinski definition) is 1. The SMILES string of the molecule is CCCC[C@H](CC)CNC(=O)CN(c1ccc(Cl)cc1C)S(=O)(=O)c1ccccc1. The first-order chi connectivity index (χ1) is 14.3. The number of unbranched alkanes of at least 4 members (excludes halogenated alkanes) is 1. The Morgan fingerprint density at radius 2 is 1.83 bits per heavy atom. The van der Waals surface area contributed by atoms with E-state index in [-0.39, 0.29) is 17.3 Å². The van der Waals surface area contributed by atoms with Gasteiger partial charge in [0.2, 0.25) is 5.91 Å². The second-order valence-corrected chi connectivity index (χ2v) is 9.77. The van der Waals surface area contributed by atoms with Crippen molar-refractivity contribution in [2.45, 2.75) is 51.3 Å². The summed E-state index contributed by atoms with van der Waals surface area (Å²) < 4.78 is 27.9. The minimum absolute atomic E-state index is 0.140. The summed E-state index contributed by atoms with van der Waals surface area (Å²) in [6.45, 7) is 6.30. The summed E-state index contributed by atoms with van der Waals surface area (Å²) in [5.74, 6) is 0.0733. The lowest BCUT2D eigenvalue weighted by molar-refractivity contribution is -0.119. The number of nitrogens with one attached hydrogen (secondary N) is 1. The van der Waals surface area contributed by atoms with Crippen LogP contribution in [-0.4, -0.2) is 27.4 Å². The van der Waals surface area contributed by atoms with E-state index in [2.05, 4.69) is 19.2 Å². The van der Waals surface area contributed by atoms with Crippen LogP contribution in [0.4, 0.5) is 5.69 Å². The summed E-state index contributed by atoms with van der Waals surface area (Å²) >= 11 is 6.05. The number of carbonyl (C=O) groups is 1. The molecule has 5 nitrogen and oxygen atoms in total. The molecule has 0 aromatic heterocycles. The van der Waals surface area contributed by atoms with Crippen molar-refractivity contribution >= 4 is 33.2 Å². The number of rotatable bonds is 11. The lowest BCUT2D eigenvalue weighted by Gasteiger charge is -2.26. The van der Waals surface area contributed by atoms with Gasteiger partial charge in [0.05, 0.1) is 10.6 Å². The molecule has 0 heterocycles. The predicted octanol–water partition coefficient (Wildman–Crippen LogP) is 5.18. The van der Waals surface area contributed by atoms with Crippen LogP contribution in [0.15, 0.2) is 53.4 Å². The van der Waals surface area contributed by atoms with E-state index in [0.717, 1.165) is 30.0 Å². The summed E-state index contributed by atoms with van der Waals surface area (Å²) in [7, 11) is -3.91. The van der Waals surface area contributed by atoms with E-state index >= 15 is 0 Å². The number of amides is 1. The molecule has 164 valence electrons. The van der Waals surface area contributed by atoms with E-state index in [4.69, 9.17) is 11.6 Å². The normalized spacial score (nSPS) is 12.4. The maximum atomic E-state index is 13.4. The average molecular weight is 451 g/mol. The molecule has 0 spiro atoms. The van der Waals surface area contributed by atoms with Gasteiger partial charge in [0.1, 0.15) is 6.54 Å². The lowest BCUT2D eigenvalue weighted by Crippen LogP contribution is -2.42. The molecule has 0 saturated carbocycles. The van der Waals surface area contributed by atoms with Crippen molar-refractivity contribution in [1.29, 1.82) is 0 Å². The van der Waals surface area contributed by atoms with Gasteiger partial charge in [-0.25, -0.2) is 8.42 Å². The van der Waals surface area contributed by atoms with Crippen LogP contribution < -0.4 is 9.62 Å². The van der Waals surface area contributed by atoms with Gasteiger partial charge in [-0.2, -0.15) is 0 Å². The van der Waals surface area contributed by atoms with Crippen LogP contribution in [-0.2, 0) is 14.8 Å². The van der Waals surface area contributed by atoms with Crippen molar-refractivity contribution in [3.8, 4) is 0 Å². The fraction of sp³-hybridized carbons (Fsp3) is 0.435. The summed E-state index contributed by atoms with van der Waals surface area (Å²) in [6.07, 6.45) is 4.26. The molecule has 0 unspecified atom stereocenters. The molecule has 0 aliphatic rings. The maximum absolute atomic E-state index is 13.4. The van der Waals surface area contributed by atoms with Crippen molar-refractivity contribution in [3.63, 3.8) is 0 Å². The van der Waals surface area contributed by atoms with Crippen molar-refractivity contribution < 1.29 is 13.2 Å². The van der Waals surface area contributed by atoms with Gasteiger partial charge in [-0.1, -0.05) is 62.9 Å². The highest BCUT2D eigenvalue weighted by Crippen LogP contribution is 2.28. The topological polar surface area (TPSA) is 66.5 Å². The fourth-order valence-corrected chi connectivity index (χ4v) is 5.04. The molecular weight excluding hydrogens is 420 g/mol. The molecule has 0 aliphatic carbocycles. The van der Waals surface area contributed by atoms with Gasteiger partial charge in [-0.15, -0.1) is 0 Å². The maximum Gasteiger partial charge on any atom is 0.264 e. The van der Waals surface area contributed by atoms with Crippen LogP contribution in [0, 0.1) is 12.8 Å². The predicted molar refractivity (Wildman–Crippen MR) is 123 cm³/mol. The van der Waals surface area contributed by atoms with Crippen LogP contribution >= 0.6 is 11.6 Å². The molecule has 2 rings (SSSR count). The van der Waals surface area contributed by atoms with Gasteiger partial charge in [-0.05, 0) is 55.2 Å². The zero-order valence-corrected chi connectivity index (χ0v) is 19.5. The Morgan fingerprint density at radius 1 is 1.13 bits per heavy atom. The Labute approximate surface area is 185 Å². The Bertz CT molecular complexity index is 933. The van der Waals surface area contributed by atoms with E-state index in [1.54, 1.807) is 43.3 Å². The third kappa shape index (κ3) is 6.47. The summed E-state index contributed by atoms with van der Waals surface area (Å²) in [6, 6.07) is 13.1. The van der Waals surface area contributed by atoms with Crippen LogP contribution in [0.3, 0.4) is 0 Å². The summed E-state index contributed by atoms with van der Waals surface area (Å²) in [5.41, 5.74) is 1.13. The smallest absolute Gasteiger partial charge is 0.264 e. The van der Waals surface area contributed by atoms with Crippen molar-refractivity contribution in [2.24, 2.45) is 5.92 Å². The second kappa shape index (κ2) is 11.4. The van der Waals surface area contributed by atoms with Crippen LogP contribution in [0.1, 0.15) is 45.1 Å². The van der Waals surface area contributed by atoms with Gasteiger partial charge in [0.15, 0.2) is 0 Å². The van der Waals surface area contributed by atoms with E-state index < -0.39 is 10.0 Å². The van der Waals surface area contributed by atoms with Crippen LogP contribution in [0.25, 0.3) is 0 Å². The molecule has 0 saturated heterocycles. The monoisotopic (exact) mass is 450 g/mol. The van der Waals surface area contributed by atoms with Crippen molar-refractivity contribution in [1.82, 2.24) is 5.32 Å². The molecule has 0 fully saturated rings. The Balaban J connectivity index is 2.27. The first-order valence-electron chi connectivity index (χ1n) is 10.4. The van der Waals surface area contributed by atoms with E-state index in [0.29, 0.717) is 28.7 Å². The molecule has 2 aromatic rings. The standard InChI is InChI=1S/C23H31ClN2O3S/c1-4-6-10-19(5-2)16-25-23(27)17-26(22-14-13-20(24)15-18(22)3)30(28,29)21-11-8-7-9-12-21/h7-9,11-15,19H,4-6,10,16-17H2,1-3H3,(H,25,27)/t19-/m0/s1. The zero-order chi connectivity index (χ0) is 22.1. The molecule has 2 aromatic carbocycles. The third-order valence-corrected chi connectivity index (χ3v) is 7.19. The van der Waals surface area contributed by atoms with Crippen molar-refractivity contribution in [3.05, 3.63) is 59.1 Å². The molecule has 30 heavy (non-hydrogen) atoms. The highest BCUT2D eigenvalue weighted by atomic mass is 35.5. The summed E-state index contributed by atoms with van der Waals surface area (Å²) in [4.78, 5) is 12.9. The molecule has 0 aliphatic heterocycles. The first-order valence-corrected chi connectivity index (χ1v) is 12.2. The van der Waals surface area contributed by atoms with Crippen LogP contribution in [0.5, 0.6) is 0 Å². The number of benzene rings is 2. The van der Waals surface area contributed by atoms with Gasteiger partial charge in [0.25, 0.3) is 10.0 Å². The molecule has 1 N–H and O–H groups in total. The van der Waals surface area contributed by atoms with E-state index in [1.807, 2.05) is 0 Å². The summed E-state index contributed by atoms with van der Waals surface area (Å²) in [5, 5.41) is 3.44. The minimum Gasteiger partial charge on any atom is -0.354 e. The largest absolute Gasteiger partial charge is 0.354 e. The number of sulfonamides is 1. The number of nitrogens with zero attached hydrogens (tertiary/aromatic N) is 1. The highest BCUT2D eigenvalue weighted by Gasteiger charge is 2.28. The van der Waals surface area contributed by atoms with E-state index in [1.165, 1.54) is 12.1 Å². The molecule has 1 atom stereocenters. The molecule has 0 radical (unpaired) electrons. The average Bonchev–Trinajstić information content (AvgIpc) is 2.73. The number of hydrogen-bond acceptors (Lipinski definition) is 3. The lowest BCUT2D eigenvalue weighted by atomic mass is 9.99. The number of aryl methyl sites for hydroxylation is 1.